The predicted octanol–water partition coefficient (Wildman–Crippen LogP) is 2.37. The van der Waals surface area contributed by atoms with Gasteiger partial charge in [-0.1, -0.05) is 0 Å². The molecule has 0 spiro atoms. The number of aryl methyl sites for hydroxylation is 2. The molecular formula is C15H19N3O. The van der Waals surface area contributed by atoms with Gasteiger partial charge in [0.15, 0.2) is 11.6 Å². The number of fused-ring (bicyclic) bond motifs is 1. The van der Waals surface area contributed by atoms with E-state index in [0.717, 1.165) is 30.8 Å². The molecule has 4 nitrogen and oxygen atoms in total. The maximum Gasteiger partial charge on any atom is 0.196 e. The topological polar surface area (TPSA) is 51.0 Å². The second-order valence-corrected chi connectivity index (χ2v) is 5.20. The number of nitrogens with one attached hydrogen (secondary N) is 1. The second kappa shape index (κ2) is 5.13. The number of hydrogen-bond donors (Lipinski definition) is 1. The molecule has 0 aromatic carbocycles. The van der Waals surface area contributed by atoms with Crippen LogP contribution < -0.4 is 5.32 Å². The summed E-state index contributed by atoms with van der Waals surface area (Å²) in [6.45, 7) is 3.15. The quantitative estimate of drug-likeness (QED) is 0.917. The average molecular weight is 257 g/mol. The lowest BCUT2D eigenvalue weighted by Gasteiger charge is -2.25. The van der Waals surface area contributed by atoms with Gasteiger partial charge >= 0.3 is 0 Å². The van der Waals surface area contributed by atoms with Crippen LogP contribution in [0.5, 0.6) is 0 Å². The Balaban J connectivity index is 1.94. The van der Waals surface area contributed by atoms with Crippen molar-refractivity contribution in [3.8, 4) is 11.6 Å². The molecule has 0 bridgehead atoms. The molecule has 100 valence electrons. The van der Waals surface area contributed by atoms with Gasteiger partial charge in [0, 0.05) is 11.4 Å². The molecule has 1 atom stereocenters. The minimum absolute atomic E-state index is 0.703. The molecular weight excluding hydrogens is 238 g/mol. The van der Waals surface area contributed by atoms with Gasteiger partial charge in [0.25, 0.3) is 0 Å². The van der Waals surface area contributed by atoms with Gasteiger partial charge in [-0.2, -0.15) is 0 Å². The van der Waals surface area contributed by atoms with Crippen molar-refractivity contribution in [1.29, 1.82) is 0 Å². The molecule has 2 aromatic heterocycles. The zero-order valence-electron chi connectivity index (χ0n) is 11.4. The van der Waals surface area contributed by atoms with Crippen molar-refractivity contribution < 1.29 is 4.42 Å². The van der Waals surface area contributed by atoms with E-state index in [-0.39, 0.29) is 0 Å². The van der Waals surface area contributed by atoms with Crippen LogP contribution in [0.15, 0.2) is 22.8 Å². The molecule has 0 radical (unpaired) electrons. The summed E-state index contributed by atoms with van der Waals surface area (Å²) in [4.78, 5) is 9.28. The first-order chi connectivity index (χ1) is 9.28. The fraction of sp³-hybridized carbons (Fsp3) is 0.467. The second-order valence-electron chi connectivity index (χ2n) is 5.20. The van der Waals surface area contributed by atoms with Gasteiger partial charge in [-0.25, -0.2) is 9.97 Å². The molecule has 0 amide bonds. The molecule has 2 aromatic rings. The summed E-state index contributed by atoms with van der Waals surface area (Å²) in [7, 11) is 2.01. The summed E-state index contributed by atoms with van der Waals surface area (Å²) >= 11 is 0. The van der Waals surface area contributed by atoms with Crippen molar-refractivity contribution in [3.05, 3.63) is 35.3 Å². The van der Waals surface area contributed by atoms with E-state index in [1.807, 2.05) is 19.2 Å². The maximum atomic E-state index is 5.39. The highest BCUT2D eigenvalue weighted by atomic mass is 16.3. The van der Waals surface area contributed by atoms with Gasteiger partial charge in [-0.05, 0) is 63.4 Å². The SMILES string of the molecule is CNCC1CCc2nc(-c3ccco3)nc(C)c2C1. The van der Waals surface area contributed by atoms with Crippen molar-refractivity contribution in [2.24, 2.45) is 5.92 Å². The van der Waals surface area contributed by atoms with Gasteiger partial charge in [-0.3, -0.25) is 0 Å². The van der Waals surface area contributed by atoms with Crippen molar-refractivity contribution in [2.75, 3.05) is 13.6 Å². The van der Waals surface area contributed by atoms with Gasteiger partial charge in [0.1, 0.15) is 0 Å². The Morgan fingerprint density at radius 1 is 1.42 bits per heavy atom. The molecule has 4 heteroatoms. The molecule has 1 unspecified atom stereocenters. The first-order valence-electron chi connectivity index (χ1n) is 6.83. The number of hydrogen-bond acceptors (Lipinski definition) is 4. The van der Waals surface area contributed by atoms with E-state index >= 15 is 0 Å². The smallest absolute Gasteiger partial charge is 0.196 e. The maximum absolute atomic E-state index is 5.39. The largest absolute Gasteiger partial charge is 0.461 e. The van der Waals surface area contributed by atoms with Crippen LogP contribution in [-0.4, -0.2) is 23.6 Å². The van der Waals surface area contributed by atoms with Crippen molar-refractivity contribution in [1.82, 2.24) is 15.3 Å². The van der Waals surface area contributed by atoms with Crippen molar-refractivity contribution >= 4 is 0 Å². The van der Waals surface area contributed by atoms with Crippen LogP contribution in [0.2, 0.25) is 0 Å². The molecule has 19 heavy (non-hydrogen) atoms. The lowest BCUT2D eigenvalue weighted by molar-refractivity contribution is 0.432. The lowest BCUT2D eigenvalue weighted by Crippen LogP contribution is -2.26. The predicted molar refractivity (Wildman–Crippen MR) is 73.9 cm³/mol. The fourth-order valence-electron chi connectivity index (χ4n) is 2.84. The lowest BCUT2D eigenvalue weighted by atomic mass is 9.86. The highest BCUT2D eigenvalue weighted by molar-refractivity contribution is 5.48. The Labute approximate surface area is 113 Å². The summed E-state index contributed by atoms with van der Waals surface area (Å²) < 4.78 is 5.39. The third-order valence-electron chi connectivity index (χ3n) is 3.82. The standard InChI is InChI=1S/C15H19N3O/c1-10-12-8-11(9-16-2)5-6-13(12)18-15(17-10)14-4-3-7-19-14/h3-4,7,11,16H,5-6,8-9H2,1-2H3. The monoisotopic (exact) mass is 257 g/mol. The van der Waals surface area contributed by atoms with Crippen molar-refractivity contribution in [2.45, 2.75) is 26.2 Å². The minimum atomic E-state index is 0.703. The molecule has 0 saturated heterocycles. The Morgan fingerprint density at radius 3 is 3.05 bits per heavy atom. The van der Waals surface area contributed by atoms with Crippen LogP contribution in [0.4, 0.5) is 0 Å². The van der Waals surface area contributed by atoms with Crippen molar-refractivity contribution in [3.63, 3.8) is 0 Å². The van der Waals surface area contributed by atoms with Crippen LogP contribution in [0.3, 0.4) is 0 Å². The molecule has 0 saturated carbocycles. The van der Waals surface area contributed by atoms with Crippen LogP contribution in [0.25, 0.3) is 11.6 Å². The van der Waals surface area contributed by atoms with Gasteiger partial charge in [0.2, 0.25) is 0 Å². The number of furan rings is 1. The third kappa shape index (κ3) is 2.40. The Kier molecular flexibility index (Phi) is 3.34. The molecule has 1 aliphatic carbocycles. The Hall–Kier alpha value is -1.68. The first-order valence-corrected chi connectivity index (χ1v) is 6.83. The van der Waals surface area contributed by atoms with E-state index in [9.17, 15) is 0 Å². The van der Waals surface area contributed by atoms with E-state index in [1.165, 1.54) is 17.7 Å². The Morgan fingerprint density at radius 2 is 2.32 bits per heavy atom. The molecule has 2 heterocycles. The van der Waals surface area contributed by atoms with E-state index in [0.29, 0.717) is 11.7 Å². The van der Waals surface area contributed by atoms with Gasteiger partial charge in [-0.15, -0.1) is 0 Å². The highest BCUT2D eigenvalue weighted by Gasteiger charge is 2.22. The number of rotatable bonds is 3. The van der Waals surface area contributed by atoms with E-state index < -0.39 is 0 Å². The van der Waals surface area contributed by atoms with Gasteiger partial charge in [0.05, 0.1) is 6.26 Å². The minimum Gasteiger partial charge on any atom is -0.461 e. The van der Waals surface area contributed by atoms with Gasteiger partial charge < -0.3 is 9.73 Å². The molecule has 3 rings (SSSR count). The summed E-state index contributed by atoms with van der Waals surface area (Å²) in [5.74, 6) is 2.17. The highest BCUT2D eigenvalue weighted by Crippen LogP contribution is 2.28. The van der Waals surface area contributed by atoms with E-state index in [1.54, 1.807) is 6.26 Å². The normalized spacial score (nSPS) is 18.3. The average Bonchev–Trinajstić information content (AvgIpc) is 2.93. The summed E-state index contributed by atoms with van der Waals surface area (Å²) in [5, 5.41) is 3.27. The summed E-state index contributed by atoms with van der Waals surface area (Å²) in [6.07, 6.45) is 4.98. The zero-order valence-corrected chi connectivity index (χ0v) is 11.4. The number of nitrogens with zero attached hydrogens (tertiary/aromatic N) is 2. The summed E-state index contributed by atoms with van der Waals surface area (Å²) in [5.41, 5.74) is 3.63. The fourth-order valence-corrected chi connectivity index (χ4v) is 2.84. The van der Waals surface area contributed by atoms with Crippen LogP contribution >= 0.6 is 0 Å². The summed E-state index contributed by atoms with van der Waals surface area (Å²) in [6, 6.07) is 3.78. The van der Waals surface area contributed by atoms with Crippen LogP contribution in [-0.2, 0) is 12.8 Å². The van der Waals surface area contributed by atoms with E-state index in [4.69, 9.17) is 4.42 Å². The van der Waals surface area contributed by atoms with Crippen LogP contribution in [0.1, 0.15) is 23.4 Å². The molecule has 1 aliphatic rings. The first kappa shape index (κ1) is 12.4. The molecule has 1 N–H and O–H groups in total. The molecule has 0 fully saturated rings. The van der Waals surface area contributed by atoms with Crippen LogP contribution in [0, 0.1) is 12.8 Å². The van der Waals surface area contributed by atoms with E-state index in [2.05, 4.69) is 22.2 Å². The third-order valence-corrected chi connectivity index (χ3v) is 3.82. The molecule has 0 aliphatic heterocycles. The number of aromatic nitrogens is 2. The Bertz CT molecular complexity index is 563. The zero-order chi connectivity index (χ0) is 13.2.